The van der Waals surface area contributed by atoms with Gasteiger partial charge >= 0.3 is 6.09 Å². The van der Waals surface area contributed by atoms with Crippen LogP contribution in [0.15, 0.2) is 54.6 Å². The van der Waals surface area contributed by atoms with Crippen LogP contribution >= 0.6 is 0 Å². The predicted molar refractivity (Wildman–Crippen MR) is 103 cm³/mol. The molecule has 0 bridgehead atoms. The molecule has 1 atom stereocenters. The van der Waals surface area contributed by atoms with Gasteiger partial charge in [0.05, 0.1) is 6.61 Å². The molecule has 2 aromatic rings. The van der Waals surface area contributed by atoms with Crippen molar-refractivity contribution < 1.29 is 19.1 Å². The lowest BCUT2D eigenvalue weighted by molar-refractivity contribution is -0.120. The van der Waals surface area contributed by atoms with E-state index in [4.69, 9.17) is 9.47 Å². The van der Waals surface area contributed by atoms with Crippen molar-refractivity contribution in [3.05, 3.63) is 60.2 Å². The SMILES string of the molecule is CCOc1ccc(NC(=O)[C@@H]2CCCN2C(=O)OCc2ccccc2)cc1. The summed E-state index contributed by atoms with van der Waals surface area (Å²) in [5.74, 6) is 0.552. The van der Waals surface area contributed by atoms with E-state index in [0.29, 0.717) is 25.3 Å². The second-order valence-electron chi connectivity index (χ2n) is 6.34. The molecule has 0 saturated carbocycles. The summed E-state index contributed by atoms with van der Waals surface area (Å²) in [5.41, 5.74) is 1.59. The van der Waals surface area contributed by atoms with Crippen LogP contribution < -0.4 is 10.1 Å². The first-order valence-electron chi connectivity index (χ1n) is 9.18. The highest BCUT2D eigenvalue weighted by molar-refractivity contribution is 5.96. The zero-order chi connectivity index (χ0) is 19.1. The fourth-order valence-corrected chi connectivity index (χ4v) is 3.09. The summed E-state index contributed by atoms with van der Waals surface area (Å²) in [6.07, 6.45) is 0.952. The number of nitrogens with one attached hydrogen (secondary N) is 1. The van der Waals surface area contributed by atoms with Gasteiger partial charge in [0.15, 0.2) is 0 Å². The number of rotatable bonds is 6. The Morgan fingerprint density at radius 1 is 1.11 bits per heavy atom. The molecule has 2 amide bonds. The maximum atomic E-state index is 12.6. The number of anilines is 1. The molecule has 1 fully saturated rings. The number of benzene rings is 2. The fourth-order valence-electron chi connectivity index (χ4n) is 3.09. The normalized spacial score (nSPS) is 16.0. The molecule has 0 spiro atoms. The number of ether oxygens (including phenoxy) is 2. The third kappa shape index (κ3) is 5.00. The smallest absolute Gasteiger partial charge is 0.410 e. The van der Waals surface area contributed by atoms with Crippen LogP contribution in [0.1, 0.15) is 25.3 Å². The summed E-state index contributed by atoms with van der Waals surface area (Å²) in [5, 5.41) is 2.87. The Morgan fingerprint density at radius 3 is 2.56 bits per heavy atom. The third-order valence-electron chi connectivity index (χ3n) is 4.43. The van der Waals surface area contributed by atoms with Crippen molar-refractivity contribution >= 4 is 17.7 Å². The van der Waals surface area contributed by atoms with Crippen LogP contribution in [0.2, 0.25) is 0 Å². The van der Waals surface area contributed by atoms with Crippen LogP contribution in [0, 0.1) is 0 Å². The first kappa shape index (κ1) is 18.8. The summed E-state index contributed by atoms with van der Waals surface area (Å²) in [7, 11) is 0. The van der Waals surface area contributed by atoms with Gasteiger partial charge in [-0.3, -0.25) is 9.69 Å². The molecule has 0 aliphatic carbocycles. The number of nitrogens with zero attached hydrogens (tertiary/aromatic N) is 1. The van der Waals surface area contributed by atoms with Gasteiger partial charge in [-0.15, -0.1) is 0 Å². The maximum Gasteiger partial charge on any atom is 0.410 e. The van der Waals surface area contributed by atoms with Crippen molar-refractivity contribution in [2.45, 2.75) is 32.4 Å². The highest BCUT2D eigenvalue weighted by Gasteiger charge is 2.35. The van der Waals surface area contributed by atoms with Gasteiger partial charge in [-0.1, -0.05) is 30.3 Å². The molecule has 1 aliphatic heterocycles. The molecule has 0 aromatic heterocycles. The topological polar surface area (TPSA) is 67.9 Å². The number of amides is 2. The lowest BCUT2D eigenvalue weighted by Crippen LogP contribution is -2.43. The first-order chi connectivity index (χ1) is 13.2. The van der Waals surface area contributed by atoms with Gasteiger partial charge in [0.1, 0.15) is 18.4 Å². The second-order valence-corrected chi connectivity index (χ2v) is 6.34. The van der Waals surface area contributed by atoms with Crippen molar-refractivity contribution in [1.29, 1.82) is 0 Å². The van der Waals surface area contributed by atoms with Crippen LogP contribution in [0.3, 0.4) is 0 Å². The first-order valence-corrected chi connectivity index (χ1v) is 9.18. The van der Waals surface area contributed by atoms with E-state index in [1.165, 1.54) is 4.90 Å². The molecular weight excluding hydrogens is 344 g/mol. The molecule has 1 saturated heterocycles. The Morgan fingerprint density at radius 2 is 1.85 bits per heavy atom. The largest absolute Gasteiger partial charge is 0.494 e. The van der Waals surface area contributed by atoms with Gasteiger partial charge in [0.2, 0.25) is 5.91 Å². The van der Waals surface area contributed by atoms with Gasteiger partial charge in [0.25, 0.3) is 0 Å². The summed E-state index contributed by atoms with van der Waals surface area (Å²) in [6.45, 7) is 3.23. The second kappa shape index (κ2) is 9.07. The minimum atomic E-state index is -0.514. The van der Waals surface area contributed by atoms with E-state index in [-0.39, 0.29) is 12.5 Å². The quantitative estimate of drug-likeness (QED) is 0.842. The van der Waals surface area contributed by atoms with E-state index in [2.05, 4.69) is 5.32 Å². The fraction of sp³-hybridized carbons (Fsp3) is 0.333. The summed E-state index contributed by atoms with van der Waals surface area (Å²) in [6, 6.07) is 16.2. The van der Waals surface area contributed by atoms with Crippen molar-refractivity contribution in [1.82, 2.24) is 4.90 Å². The lowest BCUT2D eigenvalue weighted by atomic mass is 10.2. The van der Waals surface area contributed by atoms with Crippen LogP contribution in [0.5, 0.6) is 5.75 Å². The van der Waals surface area contributed by atoms with Gasteiger partial charge in [0, 0.05) is 12.2 Å². The van der Waals surface area contributed by atoms with E-state index in [1.54, 1.807) is 24.3 Å². The van der Waals surface area contributed by atoms with Crippen LogP contribution in [-0.2, 0) is 16.1 Å². The molecular formula is C21H24N2O4. The molecule has 0 unspecified atom stereocenters. The Labute approximate surface area is 159 Å². The molecule has 3 rings (SSSR count). The molecule has 2 aromatic carbocycles. The van der Waals surface area contributed by atoms with Crippen molar-refractivity contribution in [3.8, 4) is 5.75 Å². The van der Waals surface area contributed by atoms with E-state index >= 15 is 0 Å². The summed E-state index contributed by atoms with van der Waals surface area (Å²) in [4.78, 5) is 26.5. The zero-order valence-corrected chi connectivity index (χ0v) is 15.4. The average molecular weight is 368 g/mol. The summed E-state index contributed by atoms with van der Waals surface area (Å²) < 4.78 is 10.8. The van der Waals surface area contributed by atoms with Gasteiger partial charge in [-0.05, 0) is 49.6 Å². The van der Waals surface area contributed by atoms with Crippen molar-refractivity contribution in [3.63, 3.8) is 0 Å². The van der Waals surface area contributed by atoms with E-state index in [1.807, 2.05) is 37.3 Å². The predicted octanol–water partition coefficient (Wildman–Crippen LogP) is 3.83. The highest BCUT2D eigenvalue weighted by Crippen LogP contribution is 2.22. The molecule has 1 aliphatic rings. The summed E-state index contributed by atoms with van der Waals surface area (Å²) >= 11 is 0. The minimum Gasteiger partial charge on any atom is -0.494 e. The van der Waals surface area contributed by atoms with Crippen LogP contribution in [0.4, 0.5) is 10.5 Å². The molecule has 142 valence electrons. The Bertz CT molecular complexity index is 762. The van der Waals surface area contributed by atoms with Crippen LogP contribution in [-0.4, -0.2) is 36.1 Å². The average Bonchev–Trinajstić information content (AvgIpc) is 3.19. The Hall–Kier alpha value is -3.02. The molecule has 6 heteroatoms. The molecule has 1 heterocycles. The van der Waals surface area contributed by atoms with E-state index in [0.717, 1.165) is 17.7 Å². The monoisotopic (exact) mass is 368 g/mol. The molecule has 6 nitrogen and oxygen atoms in total. The zero-order valence-electron chi connectivity index (χ0n) is 15.4. The van der Waals surface area contributed by atoms with E-state index in [9.17, 15) is 9.59 Å². The third-order valence-corrected chi connectivity index (χ3v) is 4.43. The Kier molecular flexibility index (Phi) is 6.30. The molecule has 27 heavy (non-hydrogen) atoms. The standard InChI is InChI=1S/C21H24N2O4/c1-2-26-18-12-10-17(11-13-18)22-20(24)19-9-6-14-23(19)21(25)27-15-16-7-4-3-5-8-16/h3-5,7-8,10-13,19H,2,6,9,14-15H2,1H3,(H,22,24)/t19-/m0/s1. The van der Waals surface area contributed by atoms with E-state index < -0.39 is 12.1 Å². The highest BCUT2D eigenvalue weighted by atomic mass is 16.6. The van der Waals surface area contributed by atoms with Crippen LogP contribution in [0.25, 0.3) is 0 Å². The number of likely N-dealkylation sites (tertiary alicyclic amines) is 1. The number of carbonyl (C=O) groups is 2. The molecule has 0 radical (unpaired) electrons. The van der Waals surface area contributed by atoms with Gasteiger partial charge in [-0.2, -0.15) is 0 Å². The number of carbonyl (C=O) groups excluding carboxylic acids is 2. The minimum absolute atomic E-state index is 0.198. The van der Waals surface area contributed by atoms with Gasteiger partial charge in [-0.25, -0.2) is 4.79 Å². The van der Waals surface area contributed by atoms with Crippen molar-refractivity contribution in [2.75, 3.05) is 18.5 Å². The molecule has 1 N–H and O–H groups in total. The maximum absolute atomic E-state index is 12.6. The van der Waals surface area contributed by atoms with Gasteiger partial charge < -0.3 is 14.8 Å². The number of hydrogen-bond acceptors (Lipinski definition) is 4. The lowest BCUT2D eigenvalue weighted by Gasteiger charge is -2.23. The number of hydrogen-bond donors (Lipinski definition) is 1. The van der Waals surface area contributed by atoms with Crippen molar-refractivity contribution in [2.24, 2.45) is 0 Å². The Balaban J connectivity index is 1.56.